The quantitative estimate of drug-likeness (QED) is 0.253. The molecule has 0 bridgehead atoms. The zero-order chi connectivity index (χ0) is 25.1. The van der Waals surface area contributed by atoms with Crippen molar-refractivity contribution < 1.29 is 25.0 Å². The fourth-order valence-corrected chi connectivity index (χ4v) is 5.20. The normalized spacial score (nSPS) is 29.5. The highest BCUT2D eigenvalue weighted by Gasteiger charge is 2.49. The van der Waals surface area contributed by atoms with Gasteiger partial charge < -0.3 is 20.6 Å². The molecule has 7 atom stereocenters. The van der Waals surface area contributed by atoms with Gasteiger partial charge in [-0.3, -0.25) is 9.63 Å². The fourth-order valence-electron chi connectivity index (χ4n) is 5.20. The van der Waals surface area contributed by atoms with Gasteiger partial charge in [0, 0.05) is 24.9 Å². The molecule has 0 aromatic rings. The van der Waals surface area contributed by atoms with Gasteiger partial charge in [-0.05, 0) is 57.3 Å². The molecule has 2 fully saturated rings. The summed E-state index contributed by atoms with van der Waals surface area (Å²) in [6.45, 7) is 8.95. The maximum atomic E-state index is 13.1. The number of carbonyl (C=O) groups is 1. The van der Waals surface area contributed by atoms with Crippen molar-refractivity contribution in [3.63, 3.8) is 0 Å². The Labute approximate surface area is 206 Å². The van der Waals surface area contributed by atoms with Crippen molar-refractivity contribution in [3.8, 4) is 11.8 Å². The van der Waals surface area contributed by atoms with E-state index in [0.717, 1.165) is 57.8 Å². The van der Waals surface area contributed by atoms with E-state index < -0.39 is 30.3 Å². The SMILES string of the molecule is CCCCC[C@H](O)C#CC1CCCC(CN2O[C@@H](CO)[C@@H]([C@H](C)O)[C@H]2C(=O)NCCC(C)C)C1. The summed E-state index contributed by atoms with van der Waals surface area (Å²) in [6.07, 6.45) is 6.96. The van der Waals surface area contributed by atoms with Crippen molar-refractivity contribution in [1.29, 1.82) is 0 Å². The molecule has 1 aliphatic heterocycles. The van der Waals surface area contributed by atoms with Gasteiger partial charge in [0.2, 0.25) is 5.91 Å². The van der Waals surface area contributed by atoms with Crippen LogP contribution in [-0.4, -0.2) is 70.3 Å². The molecule has 1 saturated carbocycles. The van der Waals surface area contributed by atoms with Crippen LogP contribution in [0.5, 0.6) is 0 Å². The molecule has 0 radical (unpaired) electrons. The molecular formula is C27H48N2O5. The second-order valence-corrected chi connectivity index (χ2v) is 10.7. The van der Waals surface area contributed by atoms with Crippen LogP contribution in [0.25, 0.3) is 0 Å². The Morgan fingerprint density at radius 2 is 1.94 bits per heavy atom. The molecule has 7 nitrogen and oxygen atoms in total. The smallest absolute Gasteiger partial charge is 0.240 e. The molecule has 1 amide bonds. The van der Waals surface area contributed by atoms with Gasteiger partial charge in [-0.15, -0.1) is 0 Å². The molecule has 7 heteroatoms. The molecule has 0 spiro atoms. The number of aliphatic hydroxyl groups is 3. The summed E-state index contributed by atoms with van der Waals surface area (Å²) in [5.74, 6) is 6.76. The Bertz CT molecular complexity index is 659. The molecule has 4 N–H and O–H groups in total. The Kier molecular flexibility index (Phi) is 12.9. The number of amides is 1. The predicted molar refractivity (Wildman–Crippen MR) is 133 cm³/mol. The zero-order valence-corrected chi connectivity index (χ0v) is 21.7. The Balaban J connectivity index is 2.01. The lowest BCUT2D eigenvalue weighted by atomic mass is 9.81. The summed E-state index contributed by atoms with van der Waals surface area (Å²) < 4.78 is 0. The summed E-state index contributed by atoms with van der Waals surface area (Å²) in [6, 6.07) is -0.629. The van der Waals surface area contributed by atoms with E-state index in [9.17, 15) is 20.1 Å². The number of aliphatic hydroxyl groups excluding tert-OH is 3. The predicted octanol–water partition coefficient (Wildman–Crippen LogP) is 2.87. The van der Waals surface area contributed by atoms with E-state index in [2.05, 4.69) is 37.9 Å². The monoisotopic (exact) mass is 480 g/mol. The highest BCUT2D eigenvalue weighted by Crippen LogP contribution is 2.35. The van der Waals surface area contributed by atoms with Gasteiger partial charge in [0.25, 0.3) is 0 Å². The third-order valence-electron chi connectivity index (χ3n) is 7.16. The number of hydrogen-bond donors (Lipinski definition) is 4. The average Bonchev–Trinajstić information content (AvgIpc) is 3.16. The van der Waals surface area contributed by atoms with Crippen LogP contribution in [0.4, 0.5) is 0 Å². The first-order valence-electron chi connectivity index (χ1n) is 13.5. The topological polar surface area (TPSA) is 102 Å². The van der Waals surface area contributed by atoms with Crippen molar-refractivity contribution in [2.45, 2.75) is 110 Å². The lowest BCUT2D eigenvalue weighted by Gasteiger charge is -2.32. The number of hydroxylamine groups is 2. The second-order valence-electron chi connectivity index (χ2n) is 10.7. The van der Waals surface area contributed by atoms with E-state index in [1.165, 1.54) is 0 Å². The average molecular weight is 481 g/mol. The van der Waals surface area contributed by atoms with Crippen molar-refractivity contribution in [1.82, 2.24) is 10.4 Å². The van der Waals surface area contributed by atoms with Crippen LogP contribution in [0.3, 0.4) is 0 Å². The van der Waals surface area contributed by atoms with Crippen LogP contribution in [0.1, 0.15) is 85.5 Å². The van der Waals surface area contributed by atoms with E-state index in [-0.39, 0.29) is 18.4 Å². The van der Waals surface area contributed by atoms with Crippen molar-refractivity contribution in [2.75, 3.05) is 19.7 Å². The number of nitrogens with one attached hydrogen (secondary N) is 1. The lowest BCUT2D eigenvalue weighted by molar-refractivity contribution is -0.183. The van der Waals surface area contributed by atoms with Crippen LogP contribution in [-0.2, 0) is 9.63 Å². The molecule has 1 saturated heterocycles. The Morgan fingerprint density at radius 3 is 2.59 bits per heavy atom. The van der Waals surface area contributed by atoms with Crippen molar-refractivity contribution in [3.05, 3.63) is 0 Å². The third kappa shape index (κ3) is 9.13. The van der Waals surface area contributed by atoms with E-state index in [4.69, 9.17) is 4.84 Å². The van der Waals surface area contributed by atoms with E-state index >= 15 is 0 Å². The molecule has 1 aliphatic carbocycles. The first-order chi connectivity index (χ1) is 16.3. The molecule has 196 valence electrons. The minimum absolute atomic E-state index is 0.148. The number of hydrogen-bond acceptors (Lipinski definition) is 6. The first kappa shape index (κ1) is 29.1. The molecule has 1 heterocycles. The molecular weight excluding hydrogens is 432 g/mol. The standard InChI is InChI=1S/C27H48N2O5/c1-5-6-7-11-23(32)13-12-21-9-8-10-22(16-21)17-29-26(27(33)28-15-14-19(2)3)25(20(4)31)24(18-30)34-29/h19-26,30-32H,5-11,14-18H2,1-4H3,(H,28,33)/t20-,21?,22?,23-,24-,25+,26-/m0/s1. The van der Waals surface area contributed by atoms with Gasteiger partial charge in [0.1, 0.15) is 18.2 Å². The molecule has 0 aromatic heterocycles. The molecule has 0 aromatic carbocycles. The number of nitrogens with zero attached hydrogens (tertiary/aromatic N) is 1. The van der Waals surface area contributed by atoms with Gasteiger partial charge in [-0.2, -0.15) is 5.06 Å². The third-order valence-corrected chi connectivity index (χ3v) is 7.16. The number of unbranched alkanes of at least 4 members (excludes halogenated alkanes) is 2. The molecule has 2 aliphatic rings. The fraction of sp³-hybridized carbons (Fsp3) is 0.889. The Morgan fingerprint density at radius 1 is 1.18 bits per heavy atom. The van der Waals surface area contributed by atoms with Crippen LogP contribution < -0.4 is 5.32 Å². The van der Waals surface area contributed by atoms with Gasteiger partial charge in [-0.25, -0.2) is 0 Å². The molecule has 34 heavy (non-hydrogen) atoms. The van der Waals surface area contributed by atoms with Crippen molar-refractivity contribution >= 4 is 5.91 Å². The van der Waals surface area contributed by atoms with E-state index in [1.54, 1.807) is 12.0 Å². The number of carbonyl (C=O) groups excluding carboxylic acids is 1. The Hall–Kier alpha value is -1.17. The summed E-state index contributed by atoms with van der Waals surface area (Å²) in [7, 11) is 0. The molecule has 2 rings (SSSR count). The van der Waals surface area contributed by atoms with Crippen LogP contribution in [0.15, 0.2) is 0 Å². The summed E-state index contributed by atoms with van der Waals surface area (Å²) >= 11 is 0. The molecule has 2 unspecified atom stereocenters. The highest BCUT2D eigenvalue weighted by molar-refractivity contribution is 5.82. The van der Waals surface area contributed by atoms with Gasteiger partial charge >= 0.3 is 0 Å². The first-order valence-corrected chi connectivity index (χ1v) is 13.5. The largest absolute Gasteiger partial charge is 0.394 e. The van der Waals surface area contributed by atoms with Gasteiger partial charge in [0.15, 0.2) is 0 Å². The lowest BCUT2D eigenvalue weighted by Crippen LogP contribution is -2.50. The minimum Gasteiger partial charge on any atom is -0.394 e. The minimum atomic E-state index is -0.776. The van der Waals surface area contributed by atoms with Gasteiger partial charge in [-0.1, -0.05) is 51.9 Å². The zero-order valence-electron chi connectivity index (χ0n) is 21.7. The van der Waals surface area contributed by atoms with Crippen LogP contribution in [0.2, 0.25) is 0 Å². The highest BCUT2D eigenvalue weighted by atomic mass is 16.7. The van der Waals surface area contributed by atoms with Gasteiger partial charge in [0.05, 0.1) is 12.7 Å². The second kappa shape index (κ2) is 15.1. The maximum Gasteiger partial charge on any atom is 0.240 e. The van der Waals surface area contributed by atoms with Crippen molar-refractivity contribution in [2.24, 2.45) is 23.7 Å². The van der Waals surface area contributed by atoms with Crippen LogP contribution >= 0.6 is 0 Å². The van der Waals surface area contributed by atoms with Crippen LogP contribution in [0, 0.1) is 35.5 Å². The summed E-state index contributed by atoms with van der Waals surface area (Å²) in [4.78, 5) is 19.2. The van der Waals surface area contributed by atoms with E-state index in [0.29, 0.717) is 24.9 Å². The maximum absolute atomic E-state index is 13.1. The summed E-state index contributed by atoms with van der Waals surface area (Å²) in [5.41, 5.74) is 0. The van der Waals surface area contributed by atoms with E-state index in [1.807, 2.05) is 0 Å². The summed E-state index contributed by atoms with van der Waals surface area (Å²) in [5, 5.41) is 35.1. The number of rotatable bonds is 12.